The summed E-state index contributed by atoms with van der Waals surface area (Å²) in [5.74, 6) is -1.44. The first-order valence-corrected chi connectivity index (χ1v) is 30.0. The van der Waals surface area contributed by atoms with Gasteiger partial charge in [0, 0.05) is 24.2 Å². The van der Waals surface area contributed by atoms with E-state index in [-0.39, 0.29) is 50.3 Å². The molecule has 1 heterocycles. The number of carbonyl (C=O) groups excluding carboxylic acids is 4. The predicted octanol–water partition coefficient (Wildman–Crippen LogP) is 16.5. The number of unbranched alkanes of at least 4 members (excludes halogenated alkanes) is 18. The van der Waals surface area contributed by atoms with E-state index in [1.807, 2.05) is 84.2 Å². The van der Waals surface area contributed by atoms with Crippen LogP contribution < -0.4 is 10.6 Å². The highest BCUT2D eigenvalue weighted by Gasteiger charge is 2.27. The SMILES string of the molecule is CCCCCCCCCCCCNC(=O)c1ccc(CN(Cc2ccc(Cl)c(Cl)c2)OC(=O)CCC(=O)ON(Cc2ccc(C(=O)NCCCCCCCCCCCC)cc2)C(Cc2ccccc2)c2ccsc2)cc1. The van der Waals surface area contributed by atoms with E-state index < -0.39 is 11.9 Å². The van der Waals surface area contributed by atoms with E-state index in [0.29, 0.717) is 40.7 Å². The molecule has 1 aromatic heterocycles. The Balaban J connectivity index is 1.16. The van der Waals surface area contributed by atoms with Gasteiger partial charge in [0.15, 0.2) is 0 Å². The van der Waals surface area contributed by atoms with Gasteiger partial charge in [0.2, 0.25) is 0 Å². The monoisotopic (exact) mass is 1090 g/mol. The molecular formula is C63H84Cl2N4O6S. The van der Waals surface area contributed by atoms with Crippen LogP contribution in [0, 0.1) is 0 Å². The Hall–Kier alpha value is -5.04. The molecule has 0 aliphatic carbocycles. The summed E-state index contributed by atoms with van der Waals surface area (Å²) in [5, 5.41) is 14.1. The Morgan fingerprint density at radius 1 is 0.500 bits per heavy atom. The largest absolute Gasteiger partial charge is 0.367 e. The highest BCUT2D eigenvalue weighted by Crippen LogP contribution is 2.30. The molecule has 1 unspecified atom stereocenters. The van der Waals surface area contributed by atoms with Crippen LogP contribution in [-0.2, 0) is 45.3 Å². The molecule has 0 saturated carbocycles. The minimum atomic E-state index is -0.618. The van der Waals surface area contributed by atoms with Crippen LogP contribution in [-0.4, -0.2) is 47.0 Å². The summed E-state index contributed by atoms with van der Waals surface area (Å²) in [5.41, 5.74) is 5.59. The van der Waals surface area contributed by atoms with Gasteiger partial charge < -0.3 is 20.3 Å². The van der Waals surface area contributed by atoms with Gasteiger partial charge in [-0.2, -0.15) is 11.3 Å². The molecule has 76 heavy (non-hydrogen) atoms. The van der Waals surface area contributed by atoms with Gasteiger partial charge in [-0.05, 0) is 100 Å². The maximum absolute atomic E-state index is 13.9. The highest BCUT2D eigenvalue weighted by molar-refractivity contribution is 7.08. The summed E-state index contributed by atoms with van der Waals surface area (Å²) >= 11 is 14.2. The zero-order valence-electron chi connectivity index (χ0n) is 45.4. The number of benzene rings is 4. The van der Waals surface area contributed by atoms with E-state index in [4.69, 9.17) is 32.9 Å². The molecule has 13 heteroatoms. The summed E-state index contributed by atoms with van der Waals surface area (Å²) in [6, 6.07) is 31.6. The molecule has 0 radical (unpaired) electrons. The van der Waals surface area contributed by atoms with Gasteiger partial charge in [-0.15, -0.1) is 10.1 Å². The van der Waals surface area contributed by atoms with Crippen molar-refractivity contribution in [3.8, 4) is 0 Å². The average Bonchev–Trinajstić information content (AvgIpc) is 3.97. The number of nitrogens with zero attached hydrogens (tertiary/aromatic N) is 2. The minimum Gasteiger partial charge on any atom is -0.367 e. The molecule has 2 amide bonds. The van der Waals surface area contributed by atoms with Gasteiger partial charge >= 0.3 is 11.9 Å². The topological polar surface area (TPSA) is 117 Å². The van der Waals surface area contributed by atoms with Crippen LogP contribution in [0.2, 0.25) is 10.0 Å². The summed E-state index contributed by atoms with van der Waals surface area (Å²) in [7, 11) is 0. The second-order valence-electron chi connectivity index (χ2n) is 20.1. The van der Waals surface area contributed by atoms with E-state index in [1.165, 1.54) is 108 Å². The van der Waals surface area contributed by atoms with Gasteiger partial charge in [-0.25, -0.2) is 0 Å². The van der Waals surface area contributed by atoms with E-state index in [0.717, 1.165) is 53.5 Å². The van der Waals surface area contributed by atoms with Crippen LogP contribution in [0.5, 0.6) is 0 Å². The number of carbonyl (C=O) groups is 4. The Labute approximate surface area is 468 Å². The molecule has 0 spiro atoms. The van der Waals surface area contributed by atoms with Crippen molar-refractivity contribution in [1.82, 2.24) is 20.8 Å². The maximum atomic E-state index is 13.9. The third kappa shape index (κ3) is 24.5. The third-order valence-corrected chi connectivity index (χ3v) is 15.1. The number of nitrogens with one attached hydrogen (secondary N) is 2. The van der Waals surface area contributed by atoms with Crippen molar-refractivity contribution in [2.75, 3.05) is 13.1 Å². The lowest BCUT2D eigenvalue weighted by atomic mass is 10.00. The lowest BCUT2D eigenvalue weighted by Gasteiger charge is -2.30. The summed E-state index contributed by atoms with van der Waals surface area (Å²) < 4.78 is 0. The molecule has 0 fully saturated rings. The Morgan fingerprint density at radius 3 is 1.45 bits per heavy atom. The molecule has 5 aromatic rings. The maximum Gasteiger partial charge on any atom is 0.325 e. The summed E-state index contributed by atoms with van der Waals surface area (Å²) in [6.07, 6.45) is 24.8. The molecule has 5 rings (SSSR count). The van der Waals surface area contributed by atoms with Crippen LogP contribution >= 0.6 is 34.5 Å². The second kappa shape index (κ2) is 36.9. The fourth-order valence-corrected chi connectivity index (χ4v) is 10.2. The normalized spacial score (nSPS) is 11.7. The van der Waals surface area contributed by atoms with Crippen molar-refractivity contribution in [2.24, 2.45) is 0 Å². The number of hydrogen-bond donors (Lipinski definition) is 2. The predicted molar refractivity (Wildman–Crippen MR) is 311 cm³/mol. The Kier molecular flexibility index (Phi) is 30.0. The molecule has 0 bridgehead atoms. The molecule has 0 aliphatic heterocycles. The summed E-state index contributed by atoms with van der Waals surface area (Å²) in [4.78, 5) is 65.8. The van der Waals surface area contributed by atoms with E-state index in [2.05, 4.69) is 29.9 Å². The fourth-order valence-electron chi connectivity index (χ4n) is 9.17. The lowest BCUT2D eigenvalue weighted by Crippen LogP contribution is -2.33. The molecular weight excluding hydrogens is 1010 g/mol. The van der Waals surface area contributed by atoms with Crippen LogP contribution in [0.15, 0.2) is 114 Å². The first-order chi connectivity index (χ1) is 37.1. The lowest BCUT2D eigenvalue weighted by molar-refractivity contribution is -0.211. The van der Waals surface area contributed by atoms with Gasteiger partial charge in [-0.1, -0.05) is 213 Å². The number of hydrogen-bond acceptors (Lipinski definition) is 9. The van der Waals surface area contributed by atoms with Gasteiger partial charge in [-0.3, -0.25) is 19.2 Å². The molecule has 4 aromatic carbocycles. The van der Waals surface area contributed by atoms with Crippen molar-refractivity contribution >= 4 is 58.3 Å². The first kappa shape index (κ1) is 61.8. The molecule has 0 aliphatic rings. The second-order valence-corrected chi connectivity index (χ2v) is 21.7. The van der Waals surface area contributed by atoms with Crippen molar-refractivity contribution in [3.05, 3.63) is 163 Å². The summed E-state index contributed by atoms with van der Waals surface area (Å²) in [6.45, 7) is 6.38. The van der Waals surface area contributed by atoms with Crippen LogP contribution in [0.3, 0.4) is 0 Å². The van der Waals surface area contributed by atoms with Crippen LogP contribution in [0.25, 0.3) is 0 Å². The Morgan fingerprint density at radius 2 is 0.961 bits per heavy atom. The van der Waals surface area contributed by atoms with Gasteiger partial charge in [0.25, 0.3) is 11.8 Å². The standard InChI is InChI=1S/C63H84Cl2N4O6S/c1-3-5-7-9-11-13-15-17-19-24-41-66-62(72)54-33-28-51(29-34-54)46-68(47-53-32-37-57(64)58(65)44-53)74-60(70)38-39-61(71)75-69(59(56-40-43-76-49-56)45-50-26-22-21-23-27-50)48-52-30-35-55(36-31-52)63(73)67-42-25-20-18-16-14-12-10-8-6-4-2/h21-23,26-37,40,43-44,49,59H,3-20,24-25,38-39,41-42,45-48H2,1-2H3,(H,66,72)(H,67,73). The van der Waals surface area contributed by atoms with Crippen molar-refractivity contribution in [2.45, 2.75) is 187 Å². The fraction of sp³-hybridized carbons (Fsp3) is 0.492. The number of rotatable bonds is 39. The van der Waals surface area contributed by atoms with E-state index in [1.54, 1.807) is 40.7 Å². The molecule has 1 atom stereocenters. The zero-order chi connectivity index (χ0) is 54.0. The number of amides is 2. The molecule has 2 N–H and O–H groups in total. The van der Waals surface area contributed by atoms with Crippen molar-refractivity contribution in [3.63, 3.8) is 0 Å². The van der Waals surface area contributed by atoms with Crippen LogP contribution in [0.4, 0.5) is 0 Å². The highest BCUT2D eigenvalue weighted by atomic mass is 35.5. The molecule has 0 saturated heterocycles. The zero-order valence-corrected chi connectivity index (χ0v) is 47.7. The van der Waals surface area contributed by atoms with Gasteiger partial charge in [0.05, 0.1) is 48.6 Å². The van der Waals surface area contributed by atoms with Crippen molar-refractivity contribution in [1.29, 1.82) is 0 Å². The van der Waals surface area contributed by atoms with Crippen molar-refractivity contribution < 1.29 is 28.9 Å². The average molecular weight is 1100 g/mol. The smallest absolute Gasteiger partial charge is 0.325 e. The van der Waals surface area contributed by atoms with E-state index in [9.17, 15) is 19.2 Å². The molecule has 412 valence electrons. The Bertz CT molecular complexity index is 2400. The molecule has 10 nitrogen and oxygen atoms in total. The van der Waals surface area contributed by atoms with E-state index >= 15 is 0 Å². The first-order valence-electron chi connectivity index (χ1n) is 28.3. The van der Waals surface area contributed by atoms with Gasteiger partial charge in [0.1, 0.15) is 0 Å². The van der Waals surface area contributed by atoms with Crippen LogP contribution in [0.1, 0.15) is 210 Å². The number of halogens is 2. The number of thiophene rings is 1. The number of hydroxylamine groups is 4. The minimum absolute atomic E-state index is 0.111. The third-order valence-electron chi connectivity index (χ3n) is 13.6. The quantitative estimate of drug-likeness (QED) is 0.0295.